The molecule has 184 valence electrons. The minimum absolute atomic E-state index is 0.0996. The van der Waals surface area contributed by atoms with Crippen LogP contribution in [-0.2, 0) is 20.9 Å². The van der Waals surface area contributed by atoms with Gasteiger partial charge in [0.2, 0.25) is 11.8 Å². The smallest absolute Gasteiger partial charge is 0.332 e. The lowest BCUT2D eigenvalue weighted by molar-refractivity contribution is -0.151. The zero-order chi connectivity index (χ0) is 24.8. The van der Waals surface area contributed by atoms with Crippen LogP contribution in [0, 0.1) is 4.84 Å². The van der Waals surface area contributed by atoms with Gasteiger partial charge in [-0.2, -0.15) is 0 Å². The van der Waals surface area contributed by atoms with E-state index in [1.54, 1.807) is 9.58 Å². The van der Waals surface area contributed by atoms with Gasteiger partial charge in [0, 0.05) is 37.3 Å². The average Bonchev–Trinajstić information content (AvgIpc) is 3.29. The Kier molecular flexibility index (Phi) is 7.77. The summed E-state index contributed by atoms with van der Waals surface area (Å²) in [5, 5.41) is 4.53. The van der Waals surface area contributed by atoms with Gasteiger partial charge in [-0.15, -0.1) is 5.10 Å². The number of methoxy groups -OCH3 is 1. The van der Waals surface area contributed by atoms with Crippen LogP contribution in [0.1, 0.15) is 26.2 Å². The van der Waals surface area contributed by atoms with Gasteiger partial charge in [-0.3, -0.25) is 9.69 Å². The Labute approximate surface area is 210 Å². The molecule has 0 atom stereocenters. The van der Waals surface area contributed by atoms with E-state index in [4.69, 9.17) is 21.4 Å². The molecule has 0 unspecified atom stereocenters. The second-order valence-corrected chi connectivity index (χ2v) is 8.89. The summed E-state index contributed by atoms with van der Waals surface area (Å²) in [6.45, 7) is 4.33. The number of esters is 1. The Morgan fingerprint density at radius 1 is 1.06 bits per heavy atom. The van der Waals surface area contributed by atoms with E-state index in [2.05, 4.69) is 10.00 Å². The van der Waals surface area contributed by atoms with Crippen LogP contribution in [0.2, 0.25) is 0 Å². The predicted octanol–water partition coefficient (Wildman–Crippen LogP) is 4.32. The van der Waals surface area contributed by atoms with Crippen LogP contribution in [0.3, 0.4) is 0 Å². The number of rotatable bonds is 8. The second-order valence-electron chi connectivity index (χ2n) is 8.55. The Balaban J connectivity index is 1.48. The number of hydrogen-bond acceptors (Lipinski definition) is 7. The highest BCUT2D eigenvalue weighted by atomic mass is 32.1. The maximum Gasteiger partial charge on any atom is 0.332 e. The number of carbonyl (C=O) groups is 2. The number of nitrogens with zero attached hydrogens (tertiary/aromatic N) is 4. The maximum absolute atomic E-state index is 13.1. The highest BCUT2D eigenvalue weighted by Gasteiger charge is 2.49. The van der Waals surface area contributed by atoms with Crippen LogP contribution in [0.4, 0.5) is 5.69 Å². The third-order valence-corrected chi connectivity index (χ3v) is 6.79. The Bertz CT molecular complexity index is 1200. The Morgan fingerprint density at radius 2 is 1.69 bits per heavy atom. The molecule has 0 N–H and O–H groups in total. The molecule has 2 heterocycles. The van der Waals surface area contributed by atoms with Gasteiger partial charge >= 0.3 is 5.97 Å². The molecule has 0 bridgehead atoms. The van der Waals surface area contributed by atoms with Crippen LogP contribution in [0.15, 0.2) is 65.1 Å². The topological polar surface area (TPSA) is 80.8 Å². The Hall–Kier alpha value is -3.30. The van der Waals surface area contributed by atoms with Crippen LogP contribution in [0.25, 0.3) is 11.5 Å². The molecular weight excluding hydrogens is 464 g/mol. The summed E-state index contributed by atoms with van der Waals surface area (Å²) in [5.41, 5.74) is 0.546. The molecule has 35 heavy (non-hydrogen) atoms. The van der Waals surface area contributed by atoms with Crippen molar-refractivity contribution in [1.82, 2.24) is 14.7 Å². The molecule has 9 heteroatoms. The standard InChI is InChI=1S/C26H30N4O4S/c1-3-22(31)30(21-12-8-5-9-13-21)26(24(32)33-2)14-16-28(17-15-26)18-19-29-25(35)34-23(27-29)20-10-6-4-7-11-20/h4-13H,3,14-19H2,1-2H3. The van der Waals surface area contributed by atoms with Crippen molar-refractivity contribution >= 4 is 29.8 Å². The van der Waals surface area contributed by atoms with Gasteiger partial charge in [0.1, 0.15) is 5.54 Å². The first-order valence-electron chi connectivity index (χ1n) is 11.8. The monoisotopic (exact) mass is 494 g/mol. The summed E-state index contributed by atoms with van der Waals surface area (Å²) in [7, 11) is 1.38. The molecule has 8 nitrogen and oxygen atoms in total. The molecule has 4 rings (SSSR count). The summed E-state index contributed by atoms with van der Waals surface area (Å²) < 4.78 is 12.6. The predicted molar refractivity (Wildman–Crippen MR) is 135 cm³/mol. The zero-order valence-corrected chi connectivity index (χ0v) is 20.9. The van der Waals surface area contributed by atoms with Crippen molar-refractivity contribution in [2.45, 2.75) is 38.3 Å². The largest absolute Gasteiger partial charge is 0.467 e. The number of para-hydroxylation sites is 1. The fourth-order valence-electron chi connectivity index (χ4n) is 4.60. The van der Waals surface area contributed by atoms with Crippen molar-refractivity contribution in [3.63, 3.8) is 0 Å². The number of anilines is 1. The summed E-state index contributed by atoms with van der Waals surface area (Å²) >= 11 is 5.37. The normalized spacial score (nSPS) is 15.5. The lowest BCUT2D eigenvalue weighted by atomic mass is 9.84. The van der Waals surface area contributed by atoms with E-state index in [0.29, 0.717) is 61.9 Å². The highest BCUT2D eigenvalue weighted by molar-refractivity contribution is 7.71. The number of amides is 1. The highest BCUT2D eigenvalue weighted by Crippen LogP contribution is 2.35. The molecule has 1 saturated heterocycles. The molecule has 1 aliphatic heterocycles. The van der Waals surface area contributed by atoms with Gasteiger partial charge < -0.3 is 14.1 Å². The van der Waals surface area contributed by atoms with Gasteiger partial charge in [0.25, 0.3) is 4.84 Å². The summed E-state index contributed by atoms with van der Waals surface area (Å²) in [5.74, 6) is 0.0157. The molecule has 1 amide bonds. The van der Waals surface area contributed by atoms with Gasteiger partial charge in [0.05, 0.1) is 13.7 Å². The van der Waals surface area contributed by atoms with Crippen molar-refractivity contribution in [1.29, 1.82) is 0 Å². The van der Waals surface area contributed by atoms with Crippen LogP contribution < -0.4 is 4.90 Å². The second kappa shape index (κ2) is 11.0. The van der Waals surface area contributed by atoms with E-state index >= 15 is 0 Å². The SMILES string of the molecule is CCC(=O)N(c1ccccc1)C1(C(=O)OC)CCN(CCn2nc(-c3ccccc3)oc2=S)CC1. The van der Waals surface area contributed by atoms with E-state index in [9.17, 15) is 9.59 Å². The number of ether oxygens (including phenoxy) is 1. The zero-order valence-electron chi connectivity index (χ0n) is 20.1. The third-order valence-electron chi connectivity index (χ3n) is 6.50. The van der Waals surface area contributed by atoms with Crippen molar-refractivity contribution in [3.05, 3.63) is 65.5 Å². The summed E-state index contributed by atoms with van der Waals surface area (Å²) in [6.07, 6.45) is 1.24. The van der Waals surface area contributed by atoms with E-state index in [0.717, 1.165) is 5.56 Å². The first-order chi connectivity index (χ1) is 17.0. The number of benzene rings is 2. The molecule has 1 fully saturated rings. The molecule has 0 radical (unpaired) electrons. The molecule has 0 aliphatic carbocycles. The molecule has 0 saturated carbocycles. The lowest BCUT2D eigenvalue weighted by Crippen LogP contribution is -2.62. The van der Waals surface area contributed by atoms with Gasteiger partial charge in [0.15, 0.2) is 0 Å². The minimum atomic E-state index is -1.04. The molecule has 2 aromatic carbocycles. The fourth-order valence-corrected chi connectivity index (χ4v) is 4.81. The van der Waals surface area contributed by atoms with Crippen LogP contribution in [0.5, 0.6) is 0 Å². The van der Waals surface area contributed by atoms with E-state index in [-0.39, 0.29) is 11.9 Å². The van der Waals surface area contributed by atoms with Gasteiger partial charge in [-0.25, -0.2) is 9.48 Å². The van der Waals surface area contributed by atoms with Gasteiger partial charge in [-0.05, 0) is 49.3 Å². The van der Waals surface area contributed by atoms with Crippen molar-refractivity contribution in [2.24, 2.45) is 0 Å². The maximum atomic E-state index is 13.1. The molecular formula is C26H30N4O4S. The molecule has 0 spiro atoms. The average molecular weight is 495 g/mol. The van der Waals surface area contributed by atoms with Crippen LogP contribution >= 0.6 is 12.2 Å². The molecule has 3 aromatic rings. The molecule has 1 aromatic heterocycles. The third kappa shape index (κ3) is 5.21. The van der Waals surface area contributed by atoms with Crippen LogP contribution in [-0.4, -0.2) is 58.8 Å². The number of aromatic nitrogens is 2. The number of likely N-dealkylation sites (tertiary alicyclic amines) is 1. The van der Waals surface area contributed by atoms with E-state index in [1.807, 2.05) is 67.6 Å². The van der Waals surface area contributed by atoms with Crippen molar-refractivity contribution in [3.8, 4) is 11.5 Å². The first-order valence-corrected chi connectivity index (χ1v) is 12.2. The van der Waals surface area contributed by atoms with E-state index < -0.39 is 5.54 Å². The quantitative estimate of drug-likeness (QED) is 0.341. The van der Waals surface area contributed by atoms with Crippen molar-refractivity contribution in [2.75, 3.05) is 31.6 Å². The van der Waals surface area contributed by atoms with Gasteiger partial charge in [-0.1, -0.05) is 43.3 Å². The molecule has 1 aliphatic rings. The first kappa shape index (κ1) is 24.8. The number of carbonyl (C=O) groups excluding carboxylic acids is 2. The fraction of sp³-hybridized carbons (Fsp3) is 0.385. The summed E-state index contributed by atoms with van der Waals surface area (Å²) in [6, 6.07) is 19.0. The number of piperidine rings is 1. The van der Waals surface area contributed by atoms with E-state index in [1.165, 1.54) is 7.11 Å². The minimum Gasteiger partial charge on any atom is -0.467 e. The van der Waals surface area contributed by atoms with Crippen molar-refractivity contribution < 1.29 is 18.7 Å². The lowest BCUT2D eigenvalue weighted by Gasteiger charge is -2.46. The summed E-state index contributed by atoms with van der Waals surface area (Å²) in [4.78, 5) is 30.4. The number of hydrogen-bond donors (Lipinski definition) is 0. The Morgan fingerprint density at radius 3 is 2.29 bits per heavy atom.